The smallest absolute Gasteiger partial charge is 0.254 e. The van der Waals surface area contributed by atoms with Gasteiger partial charge in [-0.2, -0.15) is 0 Å². The zero-order valence-corrected chi connectivity index (χ0v) is 13.2. The second kappa shape index (κ2) is 7.18. The molecule has 124 valence electrons. The summed E-state index contributed by atoms with van der Waals surface area (Å²) in [6.07, 6.45) is 1.69. The van der Waals surface area contributed by atoms with Crippen LogP contribution in [0.15, 0.2) is 42.6 Å². The average molecular weight is 328 g/mol. The number of methoxy groups -OCH3 is 1. The normalized spacial score (nSPS) is 10.9. The van der Waals surface area contributed by atoms with Crippen LogP contribution in [0.1, 0.15) is 16.2 Å². The minimum atomic E-state index is -0.551. The molecule has 0 saturated heterocycles. The molecule has 24 heavy (non-hydrogen) atoms. The monoisotopic (exact) mass is 328 g/mol. The fourth-order valence-electron chi connectivity index (χ4n) is 2.46. The van der Waals surface area contributed by atoms with Crippen LogP contribution < -0.4 is 5.32 Å². The maximum Gasteiger partial charge on any atom is 0.254 e. The van der Waals surface area contributed by atoms with Gasteiger partial charge in [0.15, 0.2) is 5.65 Å². The maximum absolute atomic E-state index is 13.7. The summed E-state index contributed by atoms with van der Waals surface area (Å²) in [6.45, 7) is 1.23. The number of ether oxygens (including phenoxy) is 1. The summed E-state index contributed by atoms with van der Waals surface area (Å²) in [5.41, 5.74) is 1.48. The van der Waals surface area contributed by atoms with Gasteiger partial charge in [-0.15, -0.1) is 0 Å². The Hall–Kier alpha value is -2.80. The molecule has 0 aliphatic rings. The van der Waals surface area contributed by atoms with E-state index in [1.54, 1.807) is 31.5 Å². The lowest BCUT2D eigenvalue weighted by atomic mass is 10.2. The standard InChI is InChI=1S/C17H17FN4O2/c1-24-10-9-22-15(21-14-7-4-8-19-16(14)22)11-20-17(23)12-5-2-3-6-13(12)18/h2-8H,9-11H2,1H3,(H,20,23). The molecule has 0 atom stereocenters. The van der Waals surface area contributed by atoms with Gasteiger partial charge in [-0.05, 0) is 24.3 Å². The first-order valence-electron chi connectivity index (χ1n) is 7.52. The number of benzene rings is 1. The van der Waals surface area contributed by atoms with Crippen molar-refractivity contribution in [2.45, 2.75) is 13.1 Å². The molecular formula is C17H17FN4O2. The SMILES string of the molecule is COCCn1c(CNC(=O)c2ccccc2F)nc2cccnc21. The molecule has 6 nitrogen and oxygen atoms in total. The molecule has 0 aliphatic carbocycles. The summed E-state index contributed by atoms with van der Waals surface area (Å²) in [5.74, 6) is -0.388. The second-order valence-electron chi connectivity index (χ2n) is 5.18. The molecule has 3 rings (SSSR count). The third kappa shape index (κ3) is 3.26. The van der Waals surface area contributed by atoms with Crippen molar-refractivity contribution in [1.29, 1.82) is 0 Å². The lowest BCUT2D eigenvalue weighted by Gasteiger charge is -2.09. The van der Waals surface area contributed by atoms with Gasteiger partial charge in [0.2, 0.25) is 0 Å². The van der Waals surface area contributed by atoms with E-state index in [0.717, 1.165) is 11.2 Å². The fraction of sp³-hybridized carbons (Fsp3) is 0.235. The van der Waals surface area contributed by atoms with E-state index in [4.69, 9.17) is 4.74 Å². The van der Waals surface area contributed by atoms with E-state index in [1.807, 2.05) is 10.6 Å². The summed E-state index contributed by atoms with van der Waals surface area (Å²) < 4.78 is 20.7. The number of halogens is 1. The van der Waals surface area contributed by atoms with Gasteiger partial charge >= 0.3 is 0 Å². The zero-order valence-electron chi connectivity index (χ0n) is 13.2. The van der Waals surface area contributed by atoms with Crippen molar-refractivity contribution in [3.8, 4) is 0 Å². The van der Waals surface area contributed by atoms with Gasteiger partial charge in [-0.25, -0.2) is 14.4 Å². The molecule has 1 N–H and O–H groups in total. The van der Waals surface area contributed by atoms with E-state index in [0.29, 0.717) is 19.0 Å². The van der Waals surface area contributed by atoms with Crippen LogP contribution in [-0.4, -0.2) is 34.2 Å². The number of nitrogens with zero attached hydrogens (tertiary/aromatic N) is 3. The van der Waals surface area contributed by atoms with Crippen molar-refractivity contribution >= 4 is 17.1 Å². The molecule has 0 radical (unpaired) electrons. The first kappa shape index (κ1) is 16.1. The zero-order chi connectivity index (χ0) is 16.9. The predicted octanol–water partition coefficient (Wildman–Crippen LogP) is 2.15. The Kier molecular flexibility index (Phi) is 4.81. The number of hydrogen-bond acceptors (Lipinski definition) is 4. The second-order valence-corrected chi connectivity index (χ2v) is 5.18. The third-order valence-corrected chi connectivity index (χ3v) is 3.63. The summed E-state index contributed by atoms with van der Waals surface area (Å²) in [7, 11) is 1.62. The van der Waals surface area contributed by atoms with Crippen molar-refractivity contribution in [2.24, 2.45) is 0 Å². The predicted molar refractivity (Wildman–Crippen MR) is 87.0 cm³/mol. The minimum Gasteiger partial charge on any atom is -0.383 e. The highest BCUT2D eigenvalue weighted by Crippen LogP contribution is 2.14. The average Bonchev–Trinajstić information content (AvgIpc) is 2.96. The van der Waals surface area contributed by atoms with Crippen LogP contribution in [0.5, 0.6) is 0 Å². The molecule has 1 amide bonds. The van der Waals surface area contributed by atoms with Crippen LogP contribution in [0, 0.1) is 5.82 Å². The highest BCUT2D eigenvalue weighted by Gasteiger charge is 2.14. The van der Waals surface area contributed by atoms with Gasteiger partial charge in [0.25, 0.3) is 5.91 Å². The van der Waals surface area contributed by atoms with Gasteiger partial charge in [-0.3, -0.25) is 4.79 Å². The highest BCUT2D eigenvalue weighted by molar-refractivity contribution is 5.94. The first-order valence-corrected chi connectivity index (χ1v) is 7.52. The number of hydrogen-bond donors (Lipinski definition) is 1. The number of amides is 1. The molecule has 0 fully saturated rings. The van der Waals surface area contributed by atoms with Crippen LogP contribution in [0.2, 0.25) is 0 Å². The quantitative estimate of drug-likeness (QED) is 0.753. The van der Waals surface area contributed by atoms with E-state index in [1.165, 1.54) is 12.1 Å². The molecule has 0 bridgehead atoms. The molecule has 3 aromatic rings. The number of carbonyl (C=O) groups excluding carboxylic acids is 1. The largest absolute Gasteiger partial charge is 0.383 e. The molecule has 0 spiro atoms. The van der Waals surface area contributed by atoms with Crippen molar-refractivity contribution in [1.82, 2.24) is 19.9 Å². The number of fused-ring (bicyclic) bond motifs is 1. The number of imidazole rings is 1. The minimum absolute atomic E-state index is 0.00942. The molecule has 0 unspecified atom stereocenters. The highest BCUT2D eigenvalue weighted by atomic mass is 19.1. The van der Waals surface area contributed by atoms with Gasteiger partial charge in [-0.1, -0.05) is 12.1 Å². The molecule has 2 aromatic heterocycles. The van der Waals surface area contributed by atoms with Crippen LogP contribution in [0.3, 0.4) is 0 Å². The molecule has 7 heteroatoms. The van der Waals surface area contributed by atoms with E-state index in [2.05, 4.69) is 15.3 Å². The van der Waals surface area contributed by atoms with E-state index >= 15 is 0 Å². The van der Waals surface area contributed by atoms with Gasteiger partial charge in [0.05, 0.1) is 18.7 Å². The van der Waals surface area contributed by atoms with Crippen molar-refractivity contribution in [3.63, 3.8) is 0 Å². The van der Waals surface area contributed by atoms with E-state index < -0.39 is 11.7 Å². The Morgan fingerprint density at radius 1 is 1.29 bits per heavy atom. The summed E-state index contributed by atoms with van der Waals surface area (Å²) in [5, 5.41) is 2.70. The summed E-state index contributed by atoms with van der Waals surface area (Å²) in [6, 6.07) is 9.52. The molecule has 1 aromatic carbocycles. The Morgan fingerprint density at radius 3 is 2.92 bits per heavy atom. The Bertz CT molecular complexity index is 863. The topological polar surface area (TPSA) is 69.0 Å². The van der Waals surface area contributed by atoms with Crippen molar-refractivity contribution in [3.05, 3.63) is 59.8 Å². The van der Waals surface area contributed by atoms with Gasteiger partial charge < -0.3 is 14.6 Å². The summed E-state index contributed by atoms with van der Waals surface area (Å²) in [4.78, 5) is 21.0. The van der Waals surface area contributed by atoms with Crippen LogP contribution in [0.25, 0.3) is 11.2 Å². The Labute approximate surface area is 138 Å². The molecule has 0 aliphatic heterocycles. The van der Waals surface area contributed by atoms with Crippen LogP contribution in [-0.2, 0) is 17.8 Å². The van der Waals surface area contributed by atoms with Crippen LogP contribution in [0.4, 0.5) is 4.39 Å². The molecular weight excluding hydrogens is 311 g/mol. The van der Waals surface area contributed by atoms with E-state index in [-0.39, 0.29) is 12.1 Å². The number of carbonyl (C=O) groups is 1. The lowest BCUT2D eigenvalue weighted by Crippen LogP contribution is -2.26. The Balaban J connectivity index is 1.82. The van der Waals surface area contributed by atoms with Gasteiger partial charge in [0.1, 0.15) is 17.2 Å². The number of aromatic nitrogens is 3. The third-order valence-electron chi connectivity index (χ3n) is 3.63. The molecule has 0 saturated carbocycles. The Morgan fingerprint density at radius 2 is 2.12 bits per heavy atom. The number of pyridine rings is 1. The first-order chi connectivity index (χ1) is 11.7. The van der Waals surface area contributed by atoms with E-state index in [9.17, 15) is 9.18 Å². The van der Waals surface area contributed by atoms with Crippen molar-refractivity contribution in [2.75, 3.05) is 13.7 Å². The van der Waals surface area contributed by atoms with Crippen molar-refractivity contribution < 1.29 is 13.9 Å². The lowest BCUT2D eigenvalue weighted by molar-refractivity contribution is 0.0945. The molecule has 2 heterocycles. The van der Waals surface area contributed by atoms with Gasteiger partial charge in [0, 0.05) is 19.9 Å². The fourth-order valence-corrected chi connectivity index (χ4v) is 2.46. The number of rotatable bonds is 6. The maximum atomic E-state index is 13.7. The number of nitrogens with one attached hydrogen (secondary N) is 1. The summed E-state index contributed by atoms with van der Waals surface area (Å²) >= 11 is 0. The van der Waals surface area contributed by atoms with Crippen LogP contribution >= 0.6 is 0 Å².